The first-order valence-corrected chi connectivity index (χ1v) is 7.73. The molecule has 1 saturated carbocycles. The molecule has 0 aromatic heterocycles. The zero-order valence-electron chi connectivity index (χ0n) is 12.6. The van der Waals surface area contributed by atoms with Gasteiger partial charge in [-0.3, -0.25) is 4.79 Å². The topological polar surface area (TPSA) is 32.3 Å². The molecule has 2 rings (SSSR count). The normalized spacial score (nSPS) is 14.6. The lowest BCUT2D eigenvalue weighted by atomic mass is 10.2. The highest BCUT2D eigenvalue weighted by Crippen LogP contribution is 2.29. The lowest BCUT2D eigenvalue weighted by Crippen LogP contribution is -2.33. The van der Waals surface area contributed by atoms with Crippen molar-refractivity contribution in [3.05, 3.63) is 35.9 Å². The van der Waals surface area contributed by atoms with E-state index in [-0.39, 0.29) is 0 Å². The van der Waals surface area contributed by atoms with E-state index in [0.717, 1.165) is 19.5 Å². The van der Waals surface area contributed by atoms with E-state index >= 15 is 0 Å². The Morgan fingerprint density at radius 3 is 2.60 bits per heavy atom. The van der Waals surface area contributed by atoms with Crippen molar-refractivity contribution < 1.29 is 4.79 Å². The molecule has 20 heavy (non-hydrogen) atoms. The number of amides is 1. The fourth-order valence-corrected chi connectivity index (χ4v) is 2.36. The highest BCUT2D eigenvalue weighted by Gasteiger charge is 2.31. The number of carbonyl (C=O) groups excluding carboxylic acids is 1. The Labute approximate surface area is 122 Å². The zero-order chi connectivity index (χ0) is 14.4. The smallest absolute Gasteiger partial charge is 0.223 e. The highest BCUT2D eigenvalue weighted by atomic mass is 16.2. The van der Waals surface area contributed by atoms with Crippen LogP contribution in [-0.4, -0.2) is 29.4 Å². The lowest BCUT2D eigenvalue weighted by molar-refractivity contribution is -0.132. The van der Waals surface area contributed by atoms with Gasteiger partial charge in [-0.05, 0) is 31.4 Å². The third kappa shape index (κ3) is 4.97. The van der Waals surface area contributed by atoms with Crippen LogP contribution in [0.1, 0.15) is 45.1 Å². The molecule has 110 valence electrons. The Balaban J connectivity index is 1.81. The van der Waals surface area contributed by atoms with Crippen LogP contribution in [0.5, 0.6) is 0 Å². The standard InChI is InChI=1S/C17H26N2O/c1-14(2)18-12-6-9-17(20)19(16-10-11-16)13-15-7-4-3-5-8-15/h3-5,7-8,14,16,18H,6,9-13H2,1-2H3. The Hall–Kier alpha value is -1.35. The summed E-state index contributed by atoms with van der Waals surface area (Å²) in [5.41, 5.74) is 1.23. The molecule has 1 N–H and O–H groups in total. The predicted octanol–water partition coefficient (Wildman–Crippen LogP) is 2.96. The van der Waals surface area contributed by atoms with Gasteiger partial charge in [0.05, 0.1) is 0 Å². The number of hydrogen-bond donors (Lipinski definition) is 1. The van der Waals surface area contributed by atoms with Crippen LogP contribution in [-0.2, 0) is 11.3 Å². The van der Waals surface area contributed by atoms with Crippen molar-refractivity contribution in [2.45, 2.75) is 58.2 Å². The molecule has 1 fully saturated rings. The van der Waals surface area contributed by atoms with Crippen molar-refractivity contribution in [2.75, 3.05) is 6.54 Å². The molecule has 1 aromatic rings. The van der Waals surface area contributed by atoms with Crippen molar-refractivity contribution in [1.82, 2.24) is 10.2 Å². The first-order valence-electron chi connectivity index (χ1n) is 7.73. The van der Waals surface area contributed by atoms with Crippen LogP contribution >= 0.6 is 0 Å². The van der Waals surface area contributed by atoms with Crippen molar-refractivity contribution in [1.29, 1.82) is 0 Å². The Morgan fingerprint density at radius 2 is 2.00 bits per heavy atom. The molecular formula is C17H26N2O. The van der Waals surface area contributed by atoms with E-state index in [1.54, 1.807) is 0 Å². The van der Waals surface area contributed by atoms with Gasteiger partial charge in [0.25, 0.3) is 0 Å². The molecule has 1 aliphatic rings. The number of carbonyl (C=O) groups is 1. The lowest BCUT2D eigenvalue weighted by Gasteiger charge is -2.23. The van der Waals surface area contributed by atoms with E-state index in [0.29, 0.717) is 24.4 Å². The fraction of sp³-hybridized carbons (Fsp3) is 0.588. The van der Waals surface area contributed by atoms with Crippen molar-refractivity contribution in [3.63, 3.8) is 0 Å². The Morgan fingerprint density at radius 1 is 1.30 bits per heavy atom. The number of nitrogens with one attached hydrogen (secondary N) is 1. The maximum Gasteiger partial charge on any atom is 0.223 e. The van der Waals surface area contributed by atoms with Gasteiger partial charge in [0.15, 0.2) is 0 Å². The van der Waals surface area contributed by atoms with Crippen LogP contribution in [0.25, 0.3) is 0 Å². The molecule has 3 heteroatoms. The molecule has 0 heterocycles. The summed E-state index contributed by atoms with van der Waals surface area (Å²) in [6.45, 7) is 5.96. The first-order chi connectivity index (χ1) is 9.66. The van der Waals surface area contributed by atoms with Gasteiger partial charge in [-0.25, -0.2) is 0 Å². The molecule has 0 unspecified atom stereocenters. The number of rotatable bonds is 8. The van der Waals surface area contributed by atoms with E-state index in [9.17, 15) is 4.79 Å². The minimum absolute atomic E-state index is 0.307. The summed E-state index contributed by atoms with van der Waals surface area (Å²) in [5, 5.41) is 3.36. The second kappa shape index (κ2) is 7.44. The van der Waals surface area contributed by atoms with Crippen LogP contribution in [0, 0.1) is 0 Å². The second-order valence-corrected chi connectivity index (χ2v) is 5.95. The average Bonchev–Trinajstić information content (AvgIpc) is 3.26. The molecular weight excluding hydrogens is 248 g/mol. The fourth-order valence-electron chi connectivity index (χ4n) is 2.36. The monoisotopic (exact) mass is 274 g/mol. The van der Waals surface area contributed by atoms with Gasteiger partial charge < -0.3 is 10.2 Å². The third-order valence-corrected chi connectivity index (χ3v) is 3.62. The van der Waals surface area contributed by atoms with Gasteiger partial charge in [-0.2, -0.15) is 0 Å². The zero-order valence-corrected chi connectivity index (χ0v) is 12.6. The third-order valence-electron chi connectivity index (χ3n) is 3.62. The SMILES string of the molecule is CC(C)NCCCC(=O)N(Cc1ccccc1)C1CC1. The maximum absolute atomic E-state index is 12.4. The summed E-state index contributed by atoms with van der Waals surface area (Å²) >= 11 is 0. The number of benzene rings is 1. The van der Waals surface area contributed by atoms with Crippen LogP contribution in [0.3, 0.4) is 0 Å². The van der Waals surface area contributed by atoms with Crippen molar-refractivity contribution in [2.24, 2.45) is 0 Å². The van der Waals surface area contributed by atoms with Crippen molar-refractivity contribution in [3.8, 4) is 0 Å². The van der Waals surface area contributed by atoms with Crippen LogP contribution in [0.2, 0.25) is 0 Å². The summed E-state index contributed by atoms with van der Waals surface area (Å²) in [7, 11) is 0. The van der Waals surface area contributed by atoms with Crippen LogP contribution < -0.4 is 5.32 Å². The van der Waals surface area contributed by atoms with Gasteiger partial charge in [0.1, 0.15) is 0 Å². The summed E-state index contributed by atoms with van der Waals surface area (Å²) in [6, 6.07) is 11.3. The first kappa shape index (κ1) is 15.0. The highest BCUT2D eigenvalue weighted by molar-refractivity contribution is 5.76. The molecule has 1 aliphatic carbocycles. The number of nitrogens with zero attached hydrogens (tertiary/aromatic N) is 1. The van der Waals surface area contributed by atoms with E-state index in [1.165, 1.54) is 18.4 Å². The van der Waals surface area contributed by atoms with Gasteiger partial charge in [-0.15, -0.1) is 0 Å². The molecule has 0 bridgehead atoms. The van der Waals surface area contributed by atoms with Crippen LogP contribution in [0.4, 0.5) is 0 Å². The molecule has 0 spiro atoms. The van der Waals surface area contributed by atoms with E-state index < -0.39 is 0 Å². The van der Waals surface area contributed by atoms with E-state index in [4.69, 9.17) is 0 Å². The molecule has 0 atom stereocenters. The quantitative estimate of drug-likeness (QED) is 0.739. The molecule has 3 nitrogen and oxygen atoms in total. The van der Waals surface area contributed by atoms with E-state index in [1.807, 2.05) is 18.2 Å². The molecule has 1 aromatic carbocycles. The summed E-state index contributed by atoms with van der Waals surface area (Å²) in [4.78, 5) is 14.4. The minimum Gasteiger partial charge on any atom is -0.335 e. The molecule has 0 saturated heterocycles. The summed E-state index contributed by atoms with van der Waals surface area (Å²) in [6.07, 6.45) is 3.92. The molecule has 1 amide bonds. The number of hydrogen-bond acceptors (Lipinski definition) is 2. The van der Waals surface area contributed by atoms with Gasteiger partial charge in [0.2, 0.25) is 5.91 Å². The summed E-state index contributed by atoms with van der Waals surface area (Å²) in [5.74, 6) is 0.307. The van der Waals surface area contributed by atoms with Gasteiger partial charge >= 0.3 is 0 Å². The Kier molecular flexibility index (Phi) is 5.60. The van der Waals surface area contributed by atoms with Gasteiger partial charge in [-0.1, -0.05) is 44.2 Å². The van der Waals surface area contributed by atoms with Crippen molar-refractivity contribution >= 4 is 5.91 Å². The van der Waals surface area contributed by atoms with Gasteiger partial charge in [0, 0.05) is 25.0 Å². The van der Waals surface area contributed by atoms with E-state index in [2.05, 4.69) is 36.2 Å². The molecule has 0 radical (unpaired) electrons. The average molecular weight is 274 g/mol. The van der Waals surface area contributed by atoms with Crippen LogP contribution in [0.15, 0.2) is 30.3 Å². The Bertz CT molecular complexity index is 412. The summed E-state index contributed by atoms with van der Waals surface area (Å²) < 4.78 is 0. The molecule has 0 aliphatic heterocycles. The maximum atomic E-state index is 12.4. The predicted molar refractivity (Wildman–Crippen MR) is 82.4 cm³/mol. The second-order valence-electron chi connectivity index (χ2n) is 5.95. The minimum atomic E-state index is 0.307. The largest absolute Gasteiger partial charge is 0.335 e.